The Labute approximate surface area is 229 Å². The fourth-order valence-corrected chi connectivity index (χ4v) is 6.83. The zero-order valence-corrected chi connectivity index (χ0v) is 23.1. The third kappa shape index (κ3) is 4.73. The smallest absolute Gasteiger partial charge is 0.256 e. The van der Waals surface area contributed by atoms with Crippen LogP contribution in [0.1, 0.15) is 74.2 Å². The number of aromatic nitrogens is 2. The van der Waals surface area contributed by atoms with Gasteiger partial charge in [0.05, 0.1) is 29.0 Å². The highest BCUT2D eigenvalue weighted by Gasteiger charge is 2.41. The molecule has 1 N–H and O–H groups in total. The number of carbonyl (C=O) groups is 2. The number of nitrogens with one attached hydrogen (secondary N) is 1. The summed E-state index contributed by atoms with van der Waals surface area (Å²) in [5, 5.41) is 4.70. The Kier molecular flexibility index (Phi) is 6.91. The van der Waals surface area contributed by atoms with E-state index in [0.29, 0.717) is 23.2 Å². The lowest BCUT2D eigenvalue weighted by molar-refractivity contribution is -0.138. The van der Waals surface area contributed by atoms with Crippen molar-refractivity contribution in [2.24, 2.45) is 5.92 Å². The molecule has 3 aromatic rings. The van der Waals surface area contributed by atoms with Crippen LogP contribution in [0.25, 0.3) is 16.6 Å². The van der Waals surface area contributed by atoms with Crippen LogP contribution >= 0.6 is 0 Å². The first-order valence-corrected chi connectivity index (χ1v) is 14.4. The van der Waals surface area contributed by atoms with Crippen LogP contribution in [-0.2, 0) is 4.79 Å². The molecule has 2 aromatic heterocycles. The van der Waals surface area contributed by atoms with Crippen LogP contribution in [0.5, 0.6) is 0 Å². The number of amides is 2. The molecule has 2 bridgehead atoms. The molecule has 1 aliphatic carbocycles. The first-order valence-electron chi connectivity index (χ1n) is 14.4. The van der Waals surface area contributed by atoms with E-state index in [1.807, 2.05) is 30.7 Å². The summed E-state index contributed by atoms with van der Waals surface area (Å²) in [5.74, 6) is 0.385. The Hall–Kier alpha value is -3.26. The van der Waals surface area contributed by atoms with Gasteiger partial charge in [-0.05, 0) is 94.0 Å². The minimum absolute atomic E-state index is 0.0135. The van der Waals surface area contributed by atoms with Crippen molar-refractivity contribution in [3.63, 3.8) is 0 Å². The number of carbonyl (C=O) groups excluding carboxylic acids is 2. The third-order valence-corrected chi connectivity index (χ3v) is 9.35. The lowest BCUT2D eigenvalue weighted by atomic mass is 9.75. The van der Waals surface area contributed by atoms with Crippen molar-refractivity contribution in [3.8, 4) is 5.69 Å². The number of hydrogen-bond acceptors (Lipinski definition) is 4. The molecule has 39 heavy (non-hydrogen) atoms. The van der Waals surface area contributed by atoms with Crippen LogP contribution in [0.2, 0.25) is 0 Å². The number of piperidine rings is 3. The summed E-state index contributed by atoms with van der Waals surface area (Å²) in [6.45, 7) is 5.37. The lowest BCUT2D eigenvalue weighted by Gasteiger charge is -2.45. The van der Waals surface area contributed by atoms with E-state index in [0.717, 1.165) is 36.8 Å². The van der Waals surface area contributed by atoms with E-state index in [4.69, 9.17) is 0 Å². The van der Waals surface area contributed by atoms with Gasteiger partial charge in [-0.3, -0.25) is 14.6 Å². The number of hydrogen-bond donors (Lipinski definition) is 1. The molecule has 3 saturated heterocycles. The molecule has 4 fully saturated rings. The molecule has 7 rings (SSSR count). The van der Waals surface area contributed by atoms with Gasteiger partial charge in [-0.2, -0.15) is 0 Å². The van der Waals surface area contributed by atoms with Crippen LogP contribution < -0.4 is 5.32 Å². The molecule has 0 unspecified atom stereocenters. The molecule has 3 aliphatic heterocycles. The minimum Gasteiger partial charge on any atom is -0.341 e. The number of likely N-dealkylation sites (tertiary alicyclic amines) is 1. The van der Waals surface area contributed by atoms with E-state index < -0.39 is 5.82 Å². The van der Waals surface area contributed by atoms with Crippen molar-refractivity contribution in [3.05, 3.63) is 59.8 Å². The molecular weight excluding hydrogens is 493 g/mol. The van der Waals surface area contributed by atoms with Gasteiger partial charge in [-0.15, -0.1) is 0 Å². The first kappa shape index (κ1) is 26.0. The van der Waals surface area contributed by atoms with Gasteiger partial charge in [0.1, 0.15) is 5.82 Å². The highest BCUT2D eigenvalue weighted by atomic mass is 19.1. The van der Waals surface area contributed by atoms with E-state index in [9.17, 15) is 14.0 Å². The van der Waals surface area contributed by atoms with Gasteiger partial charge >= 0.3 is 0 Å². The molecule has 206 valence electrons. The Balaban J connectivity index is 1.27. The minimum atomic E-state index is -0.438. The van der Waals surface area contributed by atoms with Crippen molar-refractivity contribution >= 4 is 22.7 Å². The maximum absolute atomic E-state index is 14.4. The SMILES string of the molecule is CC(C)N(C)C(=O)c1cc(F)ccc1-n1cc(C2CCN(C(=O)[C@H]3NC4CCC3CC4)CC2)c2ccncc21. The Morgan fingerprint density at radius 1 is 1.08 bits per heavy atom. The fraction of sp³-hybridized carbons (Fsp3) is 0.516. The number of benzene rings is 1. The molecule has 7 nitrogen and oxygen atoms in total. The second-order valence-electron chi connectivity index (χ2n) is 11.9. The van der Waals surface area contributed by atoms with Crippen LogP contribution in [0, 0.1) is 11.7 Å². The monoisotopic (exact) mass is 531 g/mol. The molecule has 5 heterocycles. The van der Waals surface area contributed by atoms with Crippen molar-refractivity contribution in [2.45, 2.75) is 76.4 Å². The van der Waals surface area contributed by atoms with Crippen molar-refractivity contribution in [1.29, 1.82) is 0 Å². The zero-order chi connectivity index (χ0) is 27.3. The molecule has 0 radical (unpaired) electrons. The molecular formula is C31H38FN5O2. The molecule has 1 atom stereocenters. The van der Waals surface area contributed by atoms with Gasteiger partial charge in [-0.1, -0.05) is 0 Å². The van der Waals surface area contributed by atoms with Gasteiger partial charge in [0, 0.05) is 50.0 Å². The van der Waals surface area contributed by atoms with Crippen LogP contribution in [0.4, 0.5) is 4.39 Å². The topological polar surface area (TPSA) is 70.5 Å². The molecule has 2 amide bonds. The van der Waals surface area contributed by atoms with Gasteiger partial charge < -0.3 is 19.7 Å². The van der Waals surface area contributed by atoms with E-state index >= 15 is 0 Å². The first-order chi connectivity index (χ1) is 18.8. The normalized spacial score (nSPS) is 23.5. The quantitative estimate of drug-likeness (QED) is 0.510. The molecule has 1 saturated carbocycles. The largest absolute Gasteiger partial charge is 0.341 e. The molecule has 8 heteroatoms. The van der Waals surface area contributed by atoms with Crippen LogP contribution in [0.3, 0.4) is 0 Å². The maximum Gasteiger partial charge on any atom is 0.256 e. The Morgan fingerprint density at radius 2 is 1.82 bits per heavy atom. The summed E-state index contributed by atoms with van der Waals surface area (Å²) in [5.41, 5.74) is 3.05. The van der Waals surface area contributed by atoms with E-state index in [1.54, 1.807) is 24.2 Å². The second-order valence-corrected chi connectivity index (χ2v) is 11.9. The number of fused-ring (bicyclic) bond motifs is 4. The average Bonchev–Trinajstić information content (AvgIpc) is 3.36. The fourth-order valence-electron chi connectivity index (χ4n) is 6.83. The Morgan fingerprint density at radius 3 is 2.49 bits per heavy atom. The van der Waals surface area contributed by atoms with Crippen LogP contribution in [-0.4, -0.2) is 69.4 Å². The standard InChI is InChI=1S/C31H38FN5O2/c1-19(2)35(3)30(38)25-16-22(32)6-9-27(25)37-18-26(24-10-13-33-17-28(24)37)20-11-14-36(15-12-20)31(39)29-21-4-7-23(34-29)8-5-21/h6,9-10,13,16-21,23,29,34H,4-5,7-8,11-12,14-15H2,1-3H3/t21?,23?,29-/m0/s1. The molecule has 4 aliphatic rings. The zero-order valence-electron chi connectivity index (χ0n) is 23.1. The van der Waals surface area contributed by atoms with Crippen molar-refractivity contribution in [2.75, 3.05) is 20.1 Å². The summed E-state index contributed by atoms with van der Waals surface area (Å²) in [7, 11) is 1.74. The predicted molar refractivity (Wildman–Crippen MR) is 149 cm³/mol. The van der Waals surface area contributed by atoms with Gasteiger partial charge in [0.15, 0.2) is 0 Å². The summed E-state index contributed by atoms with van der Waals surface area (Å²) < 4.78 is 16.3. The third-order valence-electron chi connectivity index (χ3n) is 9.35. The highest BCUT2D eigenvalue weighted by Crippen LogP contribution is 2.38. The van der Waals surface area contributed by atoms with Crippen LogP contribution in [0.15, 0.2) is 42.9 Å². The highest BCUT2D eigenvalue weighted by molar-refractivity contribution is 5.99. The number of pyridine rings is 1. The van der Waals surface area contributed by atoms with Crippen molar-refractivity contribution in [1.82, 2.24) is 24.7 Å². The number of nitrogens with zero attached hydrogens (tertiary/aromatic N) is 4. The summed E-state index contributed by atoms with van der Waals surface area (Å²) in [6, 6.07) is 6.91. The Bertz CT molecular complexity index is 1380. The van der Waals surface area contributed by atoms with E-state index in [2.05, 4.69) is 21.4 Å². The van der Waals surface area contributed by atoms with E-state index in [1.165, 1.54) is 43.4 Å². The van der Waals surface area contributed by atoms with Gasteiger partial charge in [-0.25, -0.2) is 4.39 Å². The number of halogens is 1. The maximum atomic E-state index is 14.4. The van der Waals surface area contributed by atoms with Gasteiger partial charge in [0.25, 0.3) is 5.91 Å². The van der Waals surface area contributed by atoms with Gasteiger partial charge in [0.2, 0.25) is 5.91 Å². The molecule has 1 aromatic carbocycles. The van der Waals surface area contributed by atoms with Crippen molar-refractivity contribution < 1.29 is 14.0 Å². The van der Waals surface area contributed by atoms with E-state index in [-0.39, 0.29) is 29.8 Å². The second kappa shape index (κ2) is 10.4. The molecule has 0 spiro atoms. The lowest BCUT2D eigenvalue weighted by Crippen LogP contribution is -2.60. The number of rotatable bonds is 5. The summed E-state index contributed by atoms with van der Waals surface area (Å²) >= 11 is 0. The summed E-state index contributed by atoms with van der Waals surface area (Å²) in [4.78, 5) is 34.8. The summed E-state index contributed by atoms with van der Waals surface area (Å²) in [6.07, 6.45) is 12.2. The predicted octanol–water partition coefficient (Wildman–Crippen LogP) is 4.88. The average molecular weight is 532 g/mol.